The largest absolute Gasteiger partial charge is 0.352 e. The Morgan fingerprint density at radius 1 is 1.30 bits per heavy atom. The number of hydrogen-bond acceptors (Lipinski definition) is 6. The molecule has 0 amide bonds. The van der Waals surface area contributed by atoms with Crippen LogP contribution in [0.25, 0.3) is 0 Å². The van der Waals surface area contributed by atoms with Crippen molar-refractivity contribution in [2.75, 3.05) is 34.8 Å². The van der Waals surface area contributed by atoms with Crippen LogP contribution in [-0.4, -0.2) is 45.6 Å². The van der Waals surface area contributed by atoms with Gasteiger partial charge in [-0.2, -0.15) is 26.7 Å². The third-order valence-corrected chi connectivity index (χ3v) is 4.36. The maximum atomic E-state index is 6.01. The van der Waals surface area contributed by atoms with Gasteiger partial charge < -0.3 is 10.2 Å². The van der Waals surface area contributed by atoms with Gasteiger partial charge in [0, 0.05) is 19.1 Å². The van der Waals surface area contributed by atoms with Crippen molar-refractivity contribution in [2.24, 2.45) is 0 Å². The molecule has 0 aliphatic carbocycles. The van der Waals surface area contributed by atoms with Gasteiger partial charge in [-0.25, -0.2) is 0 Å². The van der Waals surface area contributed by atoms with Crippen molar-refractivity contribution in [3.05, 3.63) is 5.28 Å². The van der Waals surface area contributed by atoms with E-state index in [-0.39, 0.29) is 5.28 Å². The summed E-state index contributed by atoms with van der Waals surface area (Å²) in [4.78, 5) is 15.0. The predicted molar refractivity (Wildman–Crippen MR) is 87.0 cm³/mol. The van der Waals surface area contributed by atoms with Crippen LogP contribution >= 0.6 is 23.4 Å². The number of thioether (sulfide) groups is 1. The molecule has 0 radical (unpaired) electrons. The van der Waals surface area contributed by atoms with Crippen LogP contribution in [0.1, 0.15) is 33.1 Å². The van der Waals surface area contributed by atoms with Gasteiger partial charge in [0.15, 0.2) is 0 Å². The normalized spacial score (nSPS) is 16.4. The molecule has 1 fully saturated rings. The van der Waals surface area contributed by atoms with E-state index in [1.165, 1.54) is 12.8 Å². The van der Waals surface area contributed by atoms with E-state index < -0.39 is 0 Å². The summed E-state index contributed by atoms with van der Waals surface area (Å²) in [6, 6.07) is 0.332. The zero-order valence-corrected chi connectivity index (χ0v) is 13.7. The minimum absolute atomic E-state index is 0.263. The summed E-state index contributed by atoms with van der Waals surface area (Å²) in [5.74, 6) is 3.58. The molecule has 1 aliphatic rings. The maximum absolute atomic E-state index is 6.01. The summed E-state index contributed by atoms with van der Waals surface area (Å²) < 4.78 is 0. The lowest BCUT2D eigenvalue weighted by atomic mass is 10.3. The minimum Gasteiger partial charge on any atom is -0.352 e. The zero-order valence-electron chi connectivity index (χ0n) is 12.1. The Balaban J connectivity index is 1.96. The maximum Gasteiger partial charge on any atom is 0.231 e. The number of nitrogens with zero attached hydrogens (tertiary/aromatic N) is 4. The van der Waals surface area contributed by atoms with Crippen molar-refractivity contribution >= 4 is 35.3 Å². The number of halogens is 1. The van der Waals surface area contributed by atoms with E-state index >= 15 is 0 Å². The van der Waals surface area contributed by atoms with Gasteiger partial charge in [-0.05, 0) is 49.3 Å². The van der Waals surface area contributed by atoms with Gasteiger partial charge in [-0.3, -0.25) is 0 Å². The fourth-order valence-corrected chi connectivity index (χ4v) is 3.12. The van der Waals surface area contributed by atoms with Crippen LogP contribution in [0.4, 0.5) is 11.9 Å². The molecular weight excluding hydrogens is 294 g/mol. The second-order valence-electron chi connectivity index (χ2n) is 4.95. The Kier molecular flexibility index (Phi) is 6.16. The number of hydrogen-bond donors (Lipinski definition) is 1. The first-order valence-electron chi connectivity index (χ1n) is 7.20. The van der Waals surface area contributed by atoms with Crippen molar-refractivity contribution in [1.29, 1.82) is 0 Å². The zero-order chi connectivity index (χ0) is 14.4. The SMILES string of the molecule is CCSCCC(C)Nc1nc(Cl)nc(N2CCCC2)n1. The van der Waals surface area contributed by atoms with Crippen LogP contribution in [0.15, 0.2) is 0 Å². The van der Waals surface area contributed by atoms with E-state index in [0.29, 0.717) is 17.9 Å². The first kappa shape index (κ1) is 15.6. The van der Waals surface area contributed by atoms with Gasteiger partial charge >= 0.3 is 0 Å². The Morgan fingerprint density at radius 2 is 2.05 bits per heavy atom. The molecule has 0 aromatic carbocycles. The number of nitrogens with one attached hydrogen (secondary N) is 1. The highest BCUT2D eigenvalue weighted by Gasteiger charge is 2.17. The topological polar surface area (TPSA) is 53.9 Å². The molecule has 20 heavy (non-hydrogen) atoms. The lowest BCUT2D eigenvalue weighted by Crippen LogP contribution is -2.23. The Hall–Kier alpha value is -0.750. The van der Waals surface area contributed by atoms with Gasteiger partial charge in [-0.15, -0.1) is 0 Å². The van der Waals surface area contributed by atoms with Gasteiger partial charge in [0.2, 0.25) is 17.2 Å². The first-order chi connectivity index (χ1) is 9.69. The molecule has 7 heteroatoms. The third-order valence-electron chi connectivity index (χ3n) is 3.26. The summed E-state index contributed by atoms with van der Waals surface area (Å²) in [5, 5.41) is 3.58. The van der Waals surface area contributed by atoms with Crippen LogP contribution in [0.2, 0.25) is 5.28 Å². The molecule has 1 saturated heterocycles. The smallest absolute Gasteiger partial charge is 0.231 e. The van der Waals surface area contributed by atoms with E-state index in [2.05, 4.69) is 39.0 Å². The second-order valence-corrected chi connectivity index (χ2v) is 6.69. The molecule has 5 nitrogen and oxygen atoms in total. The van der Waals surface area contributed by atoms with Gasteiger partial charge in [-0.1, -0.05) is 6.92 Å². The van der Waals surface area contributed by atoms with Crippen LogP contribution in [0, 0.1) is 0 Å². The van der Waals surface area contributed by atoms with Crippen LogP contribution < -0.4 is 10.2 Å². The Labute approximate surface area is 129 Å². The number of aromatic nitrogens is 3. The van der Waals surface area contributed by atoms with E-state index in [0.717, 1.165) is 31.0 Å². The molecule has 1 unspecified atom stereocenters. The second kappa shape index (κ2) is 7.88. The molecule has 1 aliphatic heterocycles. The molecule has 0 saturated carbocycles. The fourth-order valence-electron chi connectivity index (χ4n) is 2.16. The van der Waals surface area contributed by atoms with Crippen LogP contribution in [0.5, 0.6) is 0 Å². The van der Waals surface area contributed by atoms with Crippen LogP contribution in [-0.2, 0) is 0 Å². The molecule has 2 heterocycles. The highest BCUT2D eigenvalue weighted by molar-refractivity contribution is 7.99. The van der Waals surface area contributed by atoms with E-state index in [9.17, 15) is 0 Å². The molecule has 1 atom stereocenters. The summed E-state index contributed by atoms with van der Waals surface area (Å²) in [6.45, 7) is 6.32. The van der Waals surface area contributed by atoms with Gasteiger partial charge in [0.25, 0.3) is 0 Å². The predicted octanol–water partition coefficient (Wildman–Crippen LogP) is 3.07. The monoisotopic (exact) mass is 315 g/mol. The van der Waals surface area contributed by atoms with Crippen molar-refractivity contribution in [1.82, 2.24) is 15.0 Å². The van der Waals surface area contributed by atoms with E-state index in [1.54, 1.807) is 0 Å². The summed E-state index contributed by atoms with van der Waals surface area (Å²) in [7, 11) is 0. The highest BCUT2D eigenvalue weighted by Crippen LogP contribution is 2.19. The molecule has 2 rings (SSSR count). The summed E-state index contributed by atoms with van der Waals surface area (Å²) in [5.41, 5.74) is 0. The average molecular weight is 316 g/mol. The third kappa shape index (κ3) is 4.66. The first-order valence-corrected chi connectivity index (χ1v) is 8.73. The number of rotatable bonds is 7. The molecule has 0 bridgehead atoms. The lowest BCUT2D eigenvalue weighted by molar-refractivity contribution is 0.754. The minimum atomic E-state index is 0.263. The fraction of sp³-hybridized carbons (Fsp3) is 0.769. The van der Waals surface area contributed by atoms with Crippen molar-refractivity contribution < 1.29 is 0 Å². The van der Waals surface area contributed by atoms with Crippen molar-refractivity contribution in [3.63, 3.8) is 0 Å². The van der Waals surface area contributed by atoms with E-state index in [1.807, 2.05) is 11.8 Å². The van der Waals surface area contributed by atoms with Crippen molar-refractivity contribution in [3.8, 4) is 0 Å². The molecule has 1 aromatic heterocycles. The average Bonchev–Trinajstić information content (AvgIpc) is 2.92. The Morgan fingerprint density at radius 3 is 2.75 bits per heavy atom. The molecule has 1 N–H and O–H groups in total. The van der Waals surface area contributed by atoms with E-state index in [4.69, 9.17) is 11.6 Å². The number of anilines is 2. The molecule has 1 aromatic rings. The molecule has 112 valence electrons. The van der Waals surface area contributed by atoms with Crippen LogP contribution in [0.3, 0.4) is 0 Å². The van der Waals surface area contributed by atoms with Gasteiger partial charge in [0.1, 0.15) is 0 Å². The molecular formula is C13H22ClN5S. The highest BCUT2D eigenvalue weighted by atomic mass is 35.5. The summed E-state index contributed by atoms with van der Waals surface area (Å²) >= 11 is 7.95. The quantitative estimate of drug-likeness (QED) is 0.780. The lowest BCUT2D eigenvalue weighted by Gasteiger charge is -2.17. The van der Waals surface area contributed by atoms with Gasteiger partial charge in [0.05, 0.1) is 0 Å². The molecule has 0 spiro atoms. The summed E-state index contributed by atoms with van der Waals surface area (Å²) in [6.07, 6.45) is 3.47. The standard InChI is InChI=1S/C13H22ClN5S/c1-3-20-9-6-10(2)15-12-16-11(14)17-13(18-12)19-7-4-5-8-19/h10H,3-9H2,1-2H3,(H,15,16,17,18). The van der Waals surface area contributed by atoms with Crippen molar-refractivity contribution in [2.45, 2.75) is 39.2 Å². The Bertz CT molecular complexity index is 425.